The quantitative estimate of drug-likeness (QED) is 0.624. The van der Waals surface area contributed by atoms with E-state index in [2.05, 4.69) is 34.5 Å². The summed E-state index contributed by atoms with van der Waals surface area (Å²) in [6.45, 7) is 5.66. The highest BCUT2D eigenvalue weighted by Gasteiger charge is 2.20. The van der Waals surface area contributed by atoms with Gasteiger partial charge in [0.25, 0.3) is 0 Å². The fraction of sp³-hybridized carbons (Fsp3) is 0.643. The van der Waals surface area contributed by atoms with Gasteiger partial charge in [-0.05, 0) is 45.5 Å². The molecule has 2 N–H and O–H groups in total. The zero-order valence-corrected chi connectivity index (χ0v) is 11.9. The van der Waals surface area contributed by atoms with Crippen LogP contribution in [0.5, 0.6) is 0 Å². The van der Waals surface area contributed by atoms with Crippen molar-refractivity contribution >= 4 is 5.96 Å². The molecule has 19 heavy (non-hydrogen) atoms. The Morgan fingerprint density at radius 1 is 1.53 bits per heavy atom. The number of aliphatic imine (C=N–C) groups is 1. The minimum Gasteiger partial charge on any atom is -0.467 e. The molecule has 1 aromatic rings. The van der Waals surface area contributed by atoms with Crippen LogP contribution in [-0.4, -0.2) is 43.6 Å². The summed E-state index contributed by atoms with van der Waals surface area (Å²) < 4.78 is 5.29. The number of hydrogen-bond acceptors (Lipinski definition) is 3. The van der Waals surface area contributed by atoms with E-state index < -0.39 is 0 Å². The van der Waals surface area contributed by atoms with Crippen molar-refractivity contribution in [2.24, 2.45) is 4.99 Å². The Morgan fingerprint density at radius 3 is 3.05 bits per heavy atom. The maximum atomic E-state index is 5.29. The van der Waals surface area contributed by atoms with Gasteiger partial charge in [-0.15, -0.1) is 0 Å². The smallest absolute Gasteiger partial charge is 0.191 e. The topological polar surface area (TPSA) is 52.8 Å². The molecule has 1 atom stereocenters. The second kappa shape index (κ2) is 7.19. The largest absolute Gasteiger partial charge is 0.467 e. The summed E-state index contributed by atoms with van der Waals surface area (Å²) in [5.74, 6) is 1.74. The van der Waals surface area contributed by atoms with Gasteiger partial charge in [0.05, 0.1) is 6.26 Å². The molecule has 1 aromatic heterocycles. The first kappa shape index (κ1) is 13.9. The van der Waals surface area contributed by atoms with Crippen LogP contribution in [0.15, 0.2) is 27.8 Å². The summed E-state index contributed by atoms with van der Waals surface area (Å²) in [5.41, 5.74) is 0. The first-order valence-electron chi connectivity index (χ1n) is 7.04. The van der Waals surface area contributed by atoms with E-state index in [-0.39, 0.29) is 0 Å². The lowest BCUT2D eigenvalue weighted by Gasteiger charge is -2.21. The number of nitrogens with zero attached hydrogens (tertiary/aromatic N) is 2. The van der Waals surface area contributed by atoms with Gasteiger partial charge in [0.1, 0.15) is 12.3 Å². The van der Waals surface area contributed by atoms with Crippen molar-refractivity contribution in [3.8, 4) is 0 Å². The van der Waals surface area contributed by atoms with Gasteiger partial charge in [0, 0.05) is 19.1 Å². The summed E-state index contributed by atoms with van der Waals surface area (Å²) in [7, 11) is 2.19. The Hall–Kier alpha value is -1.49. The molecule has 0 aliphatic carbocycles. The highest BCUT2D eigenvalue weighted by Crippen LogP contribution is 2.13. The number of hydrogen-bond donors (Lipinski definition) is 2. The minimum atomic E-state index is 0.572. The molecule has 1 aliphatic rings. The maximum absolute atomic E-state index is 5.29. The van der Waals surface area contributed by atoms with Gasteiger partial charge in [-0.2, -0.15) is 0 Å². The van der Waals surface area contributed by atoms with Gasteiger partial charge in [0.15, 0.2) is 5.96 Å². The van der Waals surface area contributed by atoms with E-state index in [9.17, 15) is 0 Å². The number of furan rings is 1. The van der Waals surface area contributed by atoms with Gasteiger partial charge in [-0.1, -0.05) is 0 Å². The Labute approximate surface area is 115 Å². The molecule has 1 saturated heterocycles. The van der Waals surface area contributed by atoms with E-state index in [1.54, 1.807) is 6.26 Å². The molecule has 0 saturated carbocycles. The zero-order chi connectivity index (χ0) is 13.5. The van der Waals surface area contributed by atoms with Gasteiger partial charge < -0.3 is 20.0 Å². The summed E-state index contributed by atoms with van der Waals surface area (Å²) in [5, 5.41) is 6.67. The van der Waals surface area contributed by atoms with Gasteiger partial charge in [-0.25, -0.2) is 4.99 Å². The molecule has 1 fully saturated rings. The van der Waals surface area contributed by atoms with E-state index in [1.807, 2.05) is 12.1 Å². The van der Waals surface area contributed by atoms with Crippen molar-refractivity contribution < 1.29 is 4.42 Å². The predicted molar refractivity (Wildman–Crippen MR) is 77.2 cm³/mol. The Bertz CT molecular complexity index is 388. The van der Waals surface area contributed by atoms with Crippen LogP contribution < -0.4 is 10.6 Å². The van der Waals surface area contributed by atoms with E-state index in [0.717, 1.165) is 24.8 Å². The Morgan fingerprint density at radius 2 is 2.42 bits per heavy atom. The predicted octanol–water partition coefficient (Wildman–Crippen LogP) is 1.43. The molecule has 5 nitrogen and oxygen atoms in total. The second-order valence-corrected chi connectivity index (χ2v) is 4.93. The number of nitrogens with one attached hydrogen (secondary N) is 2. The molecular formula is C14H24N4O. The third kappa shape index (κ3) is 4.28. The third-order valence-electron chi connectivity index (χ3n) is 3.49. The fourth-order valence-corrected chi connectivity index (χ4v) is 2.35. The Balaban J connectivity index is 1.83. The van der Waals surface area contributed by atoms with Crippen molar-refractivity contribution in [2.75, 3.05) is 26.7 Å². The second-order valence-electron chi connectivity index (χ2n) is 4.93. The van der Waals surface area contributed by atoms with Gasteiger partial charge in [-0.3, -0.25) is 0 Å². The number of rotatable bonds is 5. The van der Waals surface area contributed by atoms with Crippen molar-refractivity contribution in [3.63, 3.8) is 0 Å². The summed E-state index contributed by atoms with van der Waals surface area (Å²) in [6.07, 6.45) is 4.24. The average molecular weight is 264 g/mol. The van der Waals surface area contributed by atoms with Crippen LogP contribution in [0.1, 0.15) is 25.5 Å². The first-order chi connectivity index (χ1) is 9.29. The van der Waals surface area contributed by atoms with Crippen LogP contribution in [0.3, 0.4) is 0 Å². The number of likely N-dealkylation sites (N-methyl/N-ethyl adjacent to an activating group) is 1. The minimum absolute atomic E-state index is 0.572. The van der Waals surface area contributed by atoms with Gasteiger partial charge >= 0.3 is 0 Å². The lowest BCUT2D eigenvalue weighted by molar-refractivity contribution is 0.309. The van der Waals surface area contributed by atoms with Crippen LogP contribution in [-0.2, 0) is 6.54 Å². The lowest BCUT2D eigenvalue weighted by Crippen LogP contribution is -2.44. The maximum Gasteiger partial charge on any atom is 0.191 e. The van der Waals surface area contributed by atoms with E-state index in [1.165, 1.54) is 19.4 Å². The van der Waals surface area contributed by atoms with E-state index >= 15 is 0 Å². The molecule has 0 radical (unpaired) electrons. The van der Waals surface area contributed by atoms with Crippen LogP contribution >= 0.6 is 0 Å². The average Bonchev–Trinajstić information content (AvgIpc) is 3.04. The van der Waals surface area contributed by atoms with Crippen molar-refractivity contribution in [3.05, 3.63) is 24.2 Å². The fourth-order valence-electron chi connectivity index (χ4n) is 2.35. The summed E-state index contributed by atoms with van der Waals surface area (Å²) in [4.78, 5) is 6.93. The summed E-state index contributed by atoms with van der Waals surface area (Å²) >= 11 is 0. The van der Waals surface area contributed by atoms with Crippen molar-refractivity contribution in [2.45, 2.75) is 32.4 Å². The molecule has 5 heteroatoms. The molecule has 0 bridgehead atoms. The van der Waals surface area contributed by atoms with Crippen LogP contribution in [0.4, 0.5) is 0 Å². The van der Waals surface area contributed by atoms with Crippen LogP contribution in [0.25, 0.3) is 0 Å². The summed E-state index contributed by atoms with van der Waals surface area (Å²) in [6, 6.07) is 4.45. The zero-order valence-electron chi connectivity index (χ0n) is 11.9. The third-order valence-corrected chi connectivity index (χ3v) is 3.49. The van der Waals surface area contributed by atoms with Crippen LogP contribution in [0.2, 0.25) is 0 Å². The molecule has 0 amide bonds. The van der Waals surface area contributed by atoms with Gasteiger partial charge in [0.2, 0.25) is 0 Å². The molecular weight excluding hydrogens is 240 g/mol. The Kier molecular flexibility index (Phi) is 5.27. The number of likely N-dealkylation sites (tertiary alicyclic amines) is 1. The monoisotopic (exact) mass is 264 g/mol. The SMILES string of the molecule is CCNC(=NCc1ccco1)NCC1CCCN1C. The molecule has 0 aromatic carbocycles. The highest BCUT2D eigenvalue weighted by molar-refractivity contribution is 5.79. The highest BCUT2D eigenvalue weighted by atomic mass is 16.3. The molecule has 0 spiro atoms. The van der Waals surface area contributed by atoms with Crippen molar-refractivity contribution in [1.82, 2.24) is 15.5 Å². The number of guanidine groups is 1. The normalized spacial score (nSPS) is 20.7. The molecule has 2 heterocycles. The first-order valence-corrected chi connectivity index (χ1v) is 7.04. The molecule has 1 unspecified atom stereocenters. The van der Waals surface area contributed by atoms with Crippen molar-refractivity contribution in [1.29, 1.82) is 0 Å². The molecule has 106 valence electrons. The van der Waals surface area contributed by atoms with E-state index in [0.29, 0.717) is 12.6 Å². The molecule has 1 aliphatic heterocycles. The van der Waals surface area contributed by atoms with E-state index in [4.69, 9.17) is 4.42 Å². The lowest BCUT2D eigenvalue weighted by atomic mass is 10.2. The molecule has 2 rings (SSSR count). The standard InChI is InChI=1S/C14H24N4O/c1-3-15-14(17-11-13-7-5-9-19-13)16-10-12-6-4-8-18(12)2/h5,7,9,12H,3-4,6,8,10-11H2,1-2H3,(H2,15,16,17). The van der Waals surface area contributed by atoms with Crippen LogP contribution in [0, 0.1) is 0 Å².